The first-order chi connectivity index (χ1) is 8.93. The molecular weight excluding hydrogens is 255 g/mol. The molecule has 0 saturated carbocycles. The van der Waals surface area contributed by atoms with Crippen LogP contribution in [0.2, 0.25) is 0 Å². The highest BCUT2D eigenvalue weighted by molar-refractivity contribution is 5.27. The molecule has 0 aliphatic carbocycles. The van der Waals surface area contributed by atoms with E-state index in [1.807, 2.05) is 7.05 Å². The Balaban J connectivity index is 2.24. The number of alkyl halides is 3. The number of aliphatic hydroxyl groups is 1. The van der Waals surface area contributed by atoms with E-state index >= 15 is 0 Å². The summed E-state index contributed by atoms with van der Waals surface area (Å²) in [5.41, 5.74) is 0.213. The Morgan fingerprint density at radius 2 is 1.89 bits per heavy atom. The zero-order valence-electron chi connectivity index (χ0n) is 10.8. The highest BCUT2D eigenvalue weighted by Gasteiger charge is 2.32. The third-order valence-corrected chi connectivity index (χ3v) is 3.82. The van der Waals surface area contributed by atoms with E-state index in [1.165, 1.54) is 12.1 Å². The highest BCUT2D eigenvalue weighted by atomic mass is 19.4. The number of halogens is 3. The van der Waals surface area contributed by atoms with Gasteiger partial charge in [0.2, 0.25) is 0 Å². The third kappa shape index (κ3) is 3.09. The molecule has 1 heterocycles. The fourth-order valence-electron chi connectivity index (χ4n) is 2.85. The van der Waals surface area contributed by atoms with Crippen molar-refractivity contribution in [3.05, 3.63) is 35.4 Å². The van der Waals surface area contributed by atoms with Gasteiger partial charge in [0, 0.05) is 18.6 Å². The van der Waals surface area contributed by atoms with Crippen molar-refractivity contribution >= 4 is 0 Å². The van der Waals surface area contributed by atoms with Gasteiger partial charge in [0.05, 0.1) is 5.56 Å². The first-order valence-corrected chi connectivity index (χ1v) is 6.41. The number of likely N-dealkylation sites (tertiary alicyclic amines) is 1. The second-order valence-corrected chi connectivity index (χ2v) is 5.13. The Labute approximate surface area is 110 Å². The minimum absolute atomic E-state index is 0.000957. The van der Waals surface area contributed by atoms with Crippen LogP contribution in [-0.2, 0) is 6.18 Å². The third-order valence-electron chi connectivity index (χ3n) is 3.82. The average Bonchev–Trinajstić information content (AvgIpc) is 2.37. The molecule has 2 atom stereocenters. The molecule has 1 aromatic carbocycles. The predicted molar refractivity (Wildman–Crippen MR) is 66.6 cm³/mol. The van der Waals surface area contributed by atoms with Crippen molar-refractivity contribution in [2.24, 2.45) is 5.92 Å². The van der Waals surface area contributed by atoms with Crippen molar-refractivity contribution in [1.82, 2.24) is 4.90 Å². The number of aliphatic hydroxyl groups excluding tert-OH is 1. The van der Waals surface area contributed by atoms with Gasteiger partial charge in [-0.05, 0) is 44.1 Å². The molecule has 1 saturated heterocycles. The van der Waals surface area contributed by atoms with Gasteiger partial charge in [-0.1, -0.05) is 12.1 Å². The molecule has 0 unspecified atom stereocenters. The Kier molecular flexibility index (Phi) is 4.16. The van der Waals surface area contributed by atoms with Crippen LogP contribution in [-0.4, -0.2) is 30.2 Å². The number of piperidine rings is 1. The summed E-state index contributed by atoms with van der Waals surface area (Å²) in [4.78, 5) is 2.10. The van der Waals surface area contributed by atoms with Gasteiger partial charge in [0.15, 0.2) is 0 Å². The molecule has 19 heavy (non-hydrogen) atoms. The normalized spacial score (nSPS) is 25.5. The first kappa shape index (κ1) is 14.3. The maximum absolute atomic E-state index is 12.5. The largest absolute Gasteiger partial charge is 0.416 e. The van der Waals surface area contributed by atoms with E-state index in [-0.39, 0.29) is 18.6 Å². The van der Waals surface area contributed by atoms with Crippen molar-refractivity contribution in [3.63, 3.8) is 0 Å². The van der Waals surface area contributed by atoms with Crippen molar-refractivity contribution in [3.8, 4) is 0 Å². The molecule has 0 bridgehead atoms. The summed E-state index contributed by atoms with van der Waals surface area (Å²) in [7, 11) is 1.95. The monoisotopic (exact) mass is 273 g/mol. The Hall–Kier alpha value is -1.07. The molecule has 106 valence electrons. The second kappa shape index (κ2) is 5.51. The molecular formula is C14H18F3NO. The maximum Gasteiger partial charge on any atom is 0.416 e. The van der Waals surface area contributed by atoms with Crippen LogP contribution in [0.15, 0.2) is 24.3 Å². The molecule has 1 fully saturated rings. The lowest BCUT2D eigenvalue weighted by atomic mass is 9.85. The average molecular weight is 273 g/mol. The van der Waals surface area contributed by atoms with Gasteiger partial charge in [-0.15, -0.1) is 0 Å². The standard InChI is InChI=1S/C14H18F3NO/c1-18-8-2-3-11(9-19)13(18)10-4-6-12(7-5-10)14(15,16)17/h4-7,11,13,19H,2-3,8-9H2,1H3/t11-,13+/m1/s1. The fraction of sp³-hybridized carbons (Fsp3) is 0.571. The number of nitrogens with zero attached hydrogens (tertiary/aromatic N) is 1. The van der Waals surface area contributed by atoms with E-state index in [0.29, 0.717) is 0 Å². The smallest absolute Gasteiger partial charge is 0.396 e. The van der Waals surface area contributed by atoms with Crippen molar-refractivity contribution in [2.45, 2.75) is 25.1 Å². The van der Waals surface area contributed by atoms with Crippen molar-refractivity contribution < 1.29 is 18.3 Å². The molecule has 2 nitrogen and oxygen atoms in total. The van der Waals surface area contributed by atoms with Gasteiger partial charge in [0.25, 0.3) is 0 Å². The highest BCUT2D eigenvalue weighted by Crippen LogP contribution is 2.36. The number of hydrogen-bond donors (Lipinski definition) is 1. The van der Waals surface area contributed by atoms with Crippen LogP contribution in [0.1, 0.15) is 30.0 Å². The van der Waals surface area contributed by atoms with E-state index in [0.717, 1.165) is 37.1 Å². The molecule has 0 amide bonds. The summed E-state index contributed by atoms with van der Waals surface area (Å²) in [6.45, 7) is 0.970. The van der Waals surface area contributed by atoms with Crippen LogP contribution in [0.5, 0.6) is 0 Å². The van der Waals surface area contributed by atoms with Gasteiger partial charge in [0.1, 0.15) is 0 Å². The quantitative estimate of drug-likeness (QED) is 0.895. The van der Waals surface area contributed by atoms with E-state index in [2.05, 4.69) is 4.90 Å². The zero-order valence-corrected chi connectivity index (χ0v) is 10.8. The molecule has 0 radical (unpaired) electrons. The Morgan fingerprint density at radius 3 is 2.42 bits per heavy atom. The van der Waals surface area contributed by atoms with Crippen LogP contribution in [0, 0.1) is 5.92 Å². The maximum atomic E-state index is 12.5. The van der Waals surface area contributed by atoms with E-state index in [9.17, 15) is 18.3 Å². The lowest BCUT2D eigenvalue weighted by Gasteiger charge is -2.38. The fourth-order valence-corrected chi connectivity index (χ4v) is 2.85. The first-order valence-electron chi connectivity index (χ1n) is 6.41. The summed E-state index contributed by atoms with van der Waals surface area (Å²) in [5, 5.41) is 9.42. The van der Waals surface area contributed by atoms with Crippen LogP contribution < -0.4 is 0 Å². The van der Waals surface area contributed by atoms with E-state index < -0.39 is 11.7 Å². The lowest BCUT2D eigenvalue weighted by Crippen LogP contribution is -2.37. The number of rotatable bonds is 2. The number of benzene rings is 1. The minimum Gasteiger partial charge on any atom is -0.396 e. The number of hydrogen-bond acceptors (Lipinski definition) is 2. The second-order valence-electron chi connectivity index (χ2n) is 5.13. The summed E-state index contributed by atoms with van der Waals surface area (Å²) in [6, 6.07) is 5.29. The van der Waals surface area contributed by atoms with E-state index in [4.69, 9.17) is 0 Å². The van der Waals surface area contributed by atoms with Crippen LogP contribution in [0.3, 0.4) is 0 Å². The summed E-state index contributed by atoms with van der Waals surface area (Å²) >= 11 is 0. The van der Waals surface area contributed by atoms with Gasteiger partial charge >= 0.3 is 6.18 Å². The molecule has 1 aliphatic heterocycles. The summed E-state index contributed by atoms with van der Waals surface area (Å²) in [6.07, 6.45) is -2.38. The molecule has 1 aliphatic rings. The van der Waals surface area contributed by atoms with Crippen molar-refractivity contribution in [2.75, 3.05) is 20.2 Å². The van der Waals surface area contributed by atoms with Gasteiger partial charge in [-0.25, -0.2) is 0 Å². The topological polar surface area (TPSA) is 23.5 Å². The molecule has 2 rings (SSSR count). The molecule has 0 aromatic heterocycles. The minimum atomic E-state index is -4.30. The van der Waals surface area contributed by atoms with Crippen molar-refractivity contribution in [1.29, 1.82) is 0 Å². The van der Waals surface area contributed by atoms with Gasteiger partial charge in [-0.2, -0.15) is 13.2 Å². The molecule has 1 aromatic rings. The van der Waals surface area contributed by atoms with Gasteiger partial charge < -0.3 is 5.11 Å². The zero-order chi connectivity index (χ0) is 14.0. The predicted octanol–water partition coefficient (Wildman–Crippen LogP) is 3.08. The van der Waals surface area contributed by atoms with Crippen LogP contribution in [0.25, 0.3) is 0 Å². The summed E-state index contributed by atoms with van der Waals surface area (Å²) in [5.74, 6) is 0.0930. The molecule has 0 spiro atoms. The lowest BCUT2D eigenvalue weighted by molar-refractivity contribution is -0.137. The summed E-state index contributed by atoms with van der Waals surface area (Å²) < 4.78 is 37.6. The molecule has 5 heteroatoms. The van der Waals surface area contributed by atoms with Gasteiger partial charge in [-0.3, -0.25) is 4.90 Å². The molecule has 1 N–H and O–H groups in total. The van der Waals surface area contributed by atoms with Crippen LogP contribution in [0.4, 0.5) is 13.2 Å². The Morgan fingerprint density at radius 1 is 1.26 bits per heavy atom. The SMILES string of the molecule is CN1CCC[C@H](CO)[C@@H]1c1ccc(C(F)(F)F)cc1. The van der Waals surface area contributed by atoms with E-state index in [1.54, 1.807) is 0 Å². The Bertz CT molecular complexity index is 416. The van der Waals surface area contributed by atoms with Crippen LogP contribution >= 0.6 is 0 Å².